The lowest BCUT2D eigenvalue weighted by Gasteiger charge is -2.41. The molecule has 0 bridgehead atoms. The maximum absolute atomic E-state index is 12.7. The predicted molar refractivity (Wildman–Crippen MR) is 84.0 cm³/mol. The third-order valence-electron chi connectivity index (χ3n) is 4.06. The quantitative estimate of drug-likeness (QED) is 0.880. The minimum Gasteiger partial charge on any atom is -0.327 e. The standard InChI is InChI=1S/C14H21BrN2O2S/c1-10-4-5-11(8-12(10)15)20(18,19)17-7-6-13(16)14(2,3)9-17/h4-5,8,13H,6-7,9,16H2,1-3H3. The zero-order valence-corrected chi connectivity index (χ0v) is 14.5. The molecule has 0 amide bonds. The number of nitrogens with two attached hydrogens (primary N) is 1. The molecule has 1 fully saturated rings. The van der Waals surface area contributed by atoms with Gasteiger partial charge in [0.05, 0.1) is 4.90 Å². The van der Waals surface area contributed by atoms with Crippen LogP contribution >= 0.6 is 15.9 Å². The van der Waals surface area contributed by atoms with E-state index in [1.54, 1.807) is 16.4 Å². The van der Waals surface area contributed by atoms with Crippen LogP contribution in [0.15, 0.2) is 27.6 Å². The molecule has 1 aromatic rings. The van der Waals surface area contributed by atoms with E-state index in [1.807, 2.05) is 26.8 Å². The lowest BCUT2D eigenvalue weighted by Crippen LogP contribution is -2.53. The number of hydrogen-bond acceptors (Lipinski definition) is 3. The molecule has 20 heavy (non-hydrogen) atoms. The second kappa shape index (κ2) is 5.40. The first-order chi connectivity index (χ1) is 9.14. The zero-order valence-electron chi connectivity index (χ0n) is 12.1. The van der Waals surface area contributed by atoms with Crippen molar-refractivity contribution in [2.45, 2.75) is 38.1 Å². The fourth-order valence-electron chi connectivity index (χ4n) is 2.41. The van der Waals surface area contributed by atoms with Gasteiger partial charge in [0.2, 0.25) is 10.0 Å². The van der Waals surface area contributed by atoms with Crippen LogP contribution in [0.3, 0.4) is 0 Å². The van der Waals surface area contributed by atoms with E-state index in [9.17, 15) is 8.42 Å². The van der Waals surface area contributed by atoms with Crippen molar-refractivity contribution in [3.05, 3.63) is 28.2 Å². The minimum atomic E-state index is -3.45. The van der Waals surface area contributed by atoms with E-state index in [-0.39, 0.29) is 11.5 Å². The highest BCUT2D eigenvalue weighted by atomic mass is 79.9. The Balaban J connectivity index is 2.33. The Hall–Kier alpha value is -0.430. The first-order valence-corrected chi connectivity index (χ1v) is 8.90. The Labute approximate surface area is 129 Å². The van der Waals surface area contributed by atoms with Crippen LogP contribution in [0, 0.1) is 12.3 Å². The number of benzene rings is 1. The molecule has 1 saturated heterocycles. The average molecular weight is 361 g/mol. The molecule has 4 nitrogen and oxygen atoms in total. The second-order valence-corrected chi connectivity index (χ2v) is 8.93. The molecule has 1 aliphatic heterocycles. The van der Waals surface area contributed by atoms with Gasteiger partial charge in [-0.25, -0.2) is 8.42 Å². The van der Waals surface area contributed by atoms with Gasteiger partial charge in [0.1, 0.15) is 0 Å². The largest absolute Gasteiger partial charge is 0.327 e. The summed E-state index contributed by atoms with van der Waals surface area (Å²) in [5.74, 6) is 0. The molecular weight excluding hydrogens is 340 g/mol. The van der Waals surface area contributed by atoms with Crippen molar-refractivity contribution in [3.8, 4) is 0 Å². The van der Waals surface area contributed by atoms with Gasteiger partial charge in [-0.05, 0) is 36.5 Å². The van der Waals surface area contributed by atoms with Crippen molar-refractivity contribution in [2.24, 2.45) is 11.1 Å². The van der Waals surface area contributed by atoms with E-state index < -0.39 is 10.0 Å². The number of aryl methyl sites for hydroxylation is 1. The van der Waals surface area contributed by atoms with Crippen LogP contribution in [0.5, 0.6) is 0 Å². The smallest absolute Gasteiger partial charge is 0.243 e. The third-order valence-corrected chi connectivity index (χ3v) is 6.75. The van der Waals surface area contributed by atoms with Gasteiger partial charge in [0, 0.05) is 23.6 Å². The summed E-state index contributed by atoms with van der Waals surface area (Å²) in [6.45, 7) is 6.92. The van der Waals surface area contributed by atoms with Crippen molar-refractivity contribution < 1.29 is 8.42 Å². The molecule has 0 spiro atoms. The Bertz CT molecular complexity index is 614. The van der Waals surface area contributed by atoms with Gasteiger partial charge in [-0.1, -0.05) is 35.8 Å². The van der Waals surface area contributed by atoms with Gasteiger partial charge in [0.15, 0.2) is 0 Å². The summed E-state index contributed by atoms with van der Waals surface area (Å²) in [4.78, 5) is 0.334. The van der Waals surface area contributed by atoms with Crippen LogP contribution in [0.2, 0.25) is 0 Å². The molecule has 1 aromatic carbocycles. The van der Waals surface area contributed by atoms with Crippen molar-refractivity contribution in [1.29, 1.82) is 0 Å². The first-order valence-electron chi connectivity index (χ1n) is 6.66. The van der Waals surface area contributed by atoms with Crippen LogP contribution in [-0.2, 0) is 10.0 Å². The van der Waals surface area contributed by atoms with Crippen LogP contribution < -0.4 is 5.73 Å². The number of halogens is 1. The molecule has 0 radical (unpaired) electrons. The van der Waals surface area contributed by atoms with Gasteiger partial charge in [-0.15, -0.1) is 0 Å². The molecule has 112 valence electrons. The van der Waals surface area contributed by atoms with Gasteiger partial charge in [0.25, 0.3) is 0 Å². The number of nitrogens with zero attached hydrogens (tertiary/aromatic N) is 1. The van der Waals surface area contributed by atoms with Crippen molar-refractivity contribution in [2.75, 3.05) is 13.1 Å². The first kappa shape index (κ1) is 15.9. The summed E-state index contributed by atoms with van der Waals surface area (Å²) in [5, 5.41) is 0. The molecule has 2 rings (SSSR count). The van der Waals surface area contributed by atoms with Gasteiger partial charge in [-0.3, -0.25) is 0 Å². The van der Waals surface area contributed by atoms with Gasteiger partial charge in [-0.2, -0.15) is 4.31 Å². The average Bonchev–Trinajstić information content (AvgIpc) is 2.35. The molecule has 1 unspecified atom stereocenters. The normalized spacial score (nSPS) is 23.8. The maximum Gasteiger partial charge on any atom is 0.243 e. The highest BCUT2D eigenvalue weighted by molar-refractivity contribution is 9.10. The van der Waals surface area contributed by atoms with E-state index in [1.165, 1.54) is 0 Å². The van der Waals surface area contributed by atoms with E-state index >= 15 is 0 Å². The highest BCUT2D eigenvalue weighted by Gasteiger charge is 2.38. The Morgan fingerprint density at radius 1 is 1.40 bits per heavy atom. The van der Waals surface area contributed by atoms with Crippen molar-refractivity contribution in [3.63, 3.8) is 0 Å². The summed E-state index contributed by atoms with van der Waals surface area (Å²) in [5.41, 5.74) is 6.89. The summed E-state index contributed by atoms with van der Waals surface area (Å²) in [6, 6.07) is 5.19. The summed E-state index contributed by atoms with van der Waals surface area (Å²) in [6.07, 6.45) is 0.694. The monoisotopic (exact) mass is 360 g/mol. The predicted octanol–water partition coefficient (Wildman–Crippen LogP) is 2.51. The molecule has 1 atom stereocenters. The van der Waals surface area contributed by atoms with Gasteiger partial charge >= 0.3 is 0 Å². The van der Waals surface area contributed by atoms with Crippen LogP contribution in [0.25, 0.3) is 0 Å². The Morgan fingerprint density at radius 2 is 2.05 bits per heavy atom. The molecule has 0 aliphatic carbocycles. The maximum atomic E-state index is 12.7. The molecule has 0 aromatic heterocycles. The van der Waals surface area contributed by atoms with E-state index in [0.29, 0.717) is 24.4 Å². The molecule has 0 saturated carbocycles. The molecule has 1 heterocycles. The number of piperidine rings is 1. The zero-order chi connectivity index (χ0) is 15.1. The fraction of sp³-hybridized carbons (Fsp3) is 0.571. The fourth-order valence-corrected chi connectivity index (χ4v) is 4.60. The summed E-state index contributed by atoms with van der Waals surface area (Å²) >= 11 is 3.39. The van der Waals surface area contributed by atoms with Crippen molar-refractivity contribution >= 4 is 26.0 Å². The lowest BCUT2D eigenvalue weighted by atomic mass is 9.81. The van der Waals surface area contributed by atoms with E-state index in [2.05, 4.69) is 15.9 Å². The van der Waals surface area contributed by atoms with E-state index in [4.69, 9.17) is 5.73 Å². The number of hydrogen-bond donors (Lipinski definition) is 1. The Morgan fingerprint density at radius 3 is 2.60 bits per heavy atom. The topological polar surface area (TPSA) is 63.4 Å². The SMILES string of the molecule is Cc1ccc(S(=O)(=O)N2CCC(N)C(C)(C)C2)cc1Br. The van der Waals surface area contributed by atoms with Crippen LogP contribution in [-0.4, -0.2) is 31.9 Å². The number of rotatable bonds is 2. The van der Waals surface area contributed by atoms with E-state index in [0.717, 1.165) is 10.0 Å². The lowest BCUT2D eigenvalue weighted by molar-refractivity contribution is 0.155. The van der Waals surface area contributed by atoms with Crippen LogP contribution in [0.4, 0.5) is 0 Å². The molecule has 1 aliphatic rings. The summed E-state index contributed by atoms with van der Waals surface area (Å²) < 4.78 is 27.8. The third kappa shape index (κ3) is 2.93. The summed E-state index contributed by atoms with van der Waals surface area (Å²) in [7, 11) is -3.45. The van der Waals surface area contributed by atoms with Crippen molar-refractivity contribution in [1.82, 2.24) is 4.31 Å². The second-order valence-electron chi connectivity index (χ2n) is 6.13. The molecule has 6 heteroatoms. The molecular formula is C14H21BrN2O2S. The highest BCUT2D eigenvalue weighted by Crippen LogP contribution is 2.32. The van der Waals surface area contributed by atoms with Crippen LogP contribution in [0.1, 0.15) is 25.8 Å². The minimum absolute atomic E-state index is 0.0405. The molecule has 2 N–H and O–H groups in total. The Kier molecular flexibility index (Phi) is 4.31. The van der Waals surface area contributed by atoms with Gasteiger partial charge < -0.3 is 5.73 Å². The number of sulfonamides is 1.